The second kappa shape index (κ2) is 6.47. The maximum Gasteiger partial charge on any atom is 0.392 e. The van der Waals surface area contributed by atoms with Gasteiger partial charge < -0.3 is 15.2 Å². The summed E-state index contributed by atoms with van der Waals surface area (Å²) in [5.41, 5.74) is 5.70. The van der Waals surface area contributed by atoms with Crippen LogP contribution in [0.15, 0.2) is 6.33 Å². The second-order valence-electron chi connectivity index (χ2n) is 4.75. The lowest BCUT2D eigenvalue weighted by atomic mass is 10.1. The zero-order valence-electron chi connectivity index (χ0n) is 11.3. The van der Waals surface area contributed by atoms with Crippen molar-refractivity contribution in [2.45, 2.75) is 44.2 Å². The zero-order valence-corrected chi connectivity index (χ0v) is 11.3. The summed E-state index contributed by atoms with van der Waals surface area (Å²) in [5.74, 6) is -0.189. The van der Waals surface area contributed by atoms with E-state index in [1.165, 1.54) is 13.4 Å². The van der Waals surface area contributed by atoms with E-state index in [1.54, 1.807) is 0 Å². The molecule has 0 bridgehead atoms. The standard InChI is InChI=1S/C12H18N4O4/c1-19-11-10(16(17)18)12(15-7-14-11)20-9-6-4-2-3-5-8(9)13/h7-9H,2-6,13H2,1H3. The molecule has 2 rings (SSSR count). The van der Waals surface area contributed by atoms with Crippen molar-refractivity contribution in [1.29, 1.82) is 0 Å². The minimum Gasteiger partial charge on any atom is -0.476 e. The SMILES string of the molecule is COc1ncnc(OC2CCCCCC2N)c1[N+](=O)[O-]. The lowest BCUT2D eigenvalue weighted by Gasteiger charge is -2.21. The van der Waals surface area contributed by atoms with Gasteiger partial charge in [-0.2, -0.15) is 9.97 Å². The predicted octanol–water partition coefficient (Wildman–Crippen LogP) is 1.43. The molecule has 8 heteroatoms. The highest BCUT2D eigenvalue weighted by Gasteiger charge is 2.30. The van der Waals surface area contributed by atoms with Gasteiger partial charge in [-0.3, -0.25) is 10.1 Å². The Bertz CT molecular complexity index is 483. The molecule has 8 nitrogen and oxygen atoms in total. The Hall–Kier alpha value is -1.96. The van der Waals surface area contributed by atoms with Crippen molar-refractivity contribution < 1.29 is 14.4 Å². The van der Waals surface area contributed by atoms with E-state index in [1.807, 2.05) is 0 Å². The van der Waals surface area contributed by atoms with Crippen molar-refractivity contribution in [3.8, 4) is 11.8 Å². The molecule has 0 aromatic carbocycles. The Kier molecular flexibility index (Phi) is 4.67. The molecule has 2 unspecified atom stereocenters. The largest absolute Gasteiger partial charge is 0.476 e. The summed E-state index contributed by atoms with van der Waals surface area (Å²) in [7, 11) is 1.32. The summed E-state index contributed by atoms with van der Waals surface area (Å²) in [5, 5.41) is 11.1. The molecule has 0 saturated heterocycles. The van der Waals surface area contributed by atoms with Crippen LogP contribution in [0.5, 0.6) is 11.8 Å². The third-order valence-electron chi connectivity index (χ3n) is 3.40. The molecule has 1 saturated carbocycles. The monoisotopic (exact) mass is 282 g/mol. The second-order valence-corrected chi connectivity index (χ2v) is 4.75. The molecule has 1 heterocycles. The number of nitrogens with two attached hydrogens (primary N) is 1. The van der Waals surface area contributed by atoms with Crippen molar-refractivity contribution in [3.63, 3.8) is 0 Å². The van der Waals surface area contributed by atoms with Crippen LogP contribution in [0, 0.1) is 10.1 Å². The number of aromatic nitrogens is 2. The average Bonchev–Trinajstić information content (AvgIpc) is 2.63. The molecule has 1 fully saturated rings. The maximum absolute atomic E-state index is 11.1. The summed E-state index contributed by atoms with van der Waals surface area (Å²) < 4.78 is 10.6. The van der Waals surface area contributed by atoms with Gasteiger partial charge in [0.1, 0.15) is 12.4 Å². The van der Waals surface area contributed by atoms with Gasteiger partial charge in [-0.1, -0.05) is 12.8 Å². The van der Waals surface area contributed by atoms with Crippen LogP contribution in [0.1, 0.15) is 32.1 Å². The first-order valence-corrected chi connectivity index (χ1v) is 6.59. The topological polar surface area (TPSA) is 113 Å². The molecule has 1 aliphatic carbocycles. The molecule has 0 aliphatic heterocycles. The van der Waals surface area contributed by atoms with Gasteiger partial charge in [0, 0.05) is 6.04 Å². The number of ether oxygens (including phenoxy) is 2. The Labute approximate surface area is 116 Å². The molecule has 1 aliphatic rings. The number of nitrogens with zero attached hydrogens (tertiary/aromatic N) is 3. The first kappa shape index (κ1) is 14.4. The van der Waals surface area contributed by atoms with Crippen molar-refractivity contribution in [2.75, 3.05) is 7.11 Å². The molecule has 1 aromatic heterocycles. The van der Waals surface area contributed by atoms with Crippen molar-refractivity contribution in [3.05, 3.63) is 16.4 Å². The van der Waals surface area contributed by atoms with Gasteiger partial charge in [0.15, 0.2) is 0 Å². The van der Waals surface area contributed by atoms with E-state index in [-0.39, 0.29) is 29.6 Å². The van der Waals surface area contributed by atoms with Gasteiger partial charge in [-0.05, 0) is 19.3 Å². The quantitative estimate of drug-likeness (QED) is 0.504. The van der Waals surface area contributed by atoms with E-state index in [2.05, 4.69) is 9.97 Å². The van der Waals surface area contributed by atoms with Crippen molar-refractivity contribution in [1.82, 2.24) is 9.97 Å². The summed E-state index contributed by atoms with van der Waals surface area (Å²) in [6, 6.07) is -0.141. The van der Waals surface area contributed by atoms with Gasteiger partial charge >= 0.3 is 17.4 Å². The number of hydrogen-bond donors (Lipinski definition) is 1. The molecule has 0 radical (unpaired) electrons. The fourth-order valence-corrected chi connectivity index (χ4v) is 2.33. The normalized spacial score (nSPS) is 22.9. The van der Waals surface area contributed by atoms with Crippen LogP contribution in [0.4, 0.5) is 5.69 Å². The highest BCUT2D eigenvalue weighted by Crippen LogP contribution is 2.34. The fraction of sp³-hybridized carbons (Fsp3) is 0.667. The molecule has 0 amide bonds. The van der Waals surface area contributed by atoms with Gasteiger partial charge in [0.2, 0.25) is 0 Å². The molecule has 110 valence electrons. The summed E-state index contributed by atoms with van der Waals surface area (Å²) in [4.78, 5) is 18.1. The van der Waals surface area contributed by atoms with Crippen LogP contribution in [-0.4, -0.2) is 34.1 Å². The summed E-state index contributed by atoms with van der Waals surface area (Å²) >= 11 is 0. The first-order valence-electron chi connectivity index (χ1n) is 6.59. The van der Waals surface area contributed by atoms with E-state index in [4.69, 9.17) is 15.2 Å². The van der Waals surface area contributed by atoms with E-state index >= 15 is 0 Å². The van der Waals surface area contributed by atoms with Gasteiger partial charge in [0.25, 0.3) is 0 Å². The summed E-state index contributed by atoms with van der Waals surface area (Å²) in [6.07, 6.45) is 5.68. The molecule has 1 aromatic rings. The van der Waals surface area contributed by atoms with Gasteiger partial charge in [-0.25, -0.2) is 0 Å². The fourth-order valence-electron chi connectivity index (χ4n) is 2.33. The van der Waals surface area contributed by atoms with E-state index in [9.17, 15) is 10.1 Å². The van der Waals surface area contributed by atoms with Gasteiger partial charge in [-0.15, -0.1) is 0 Å². The predicted molar refractivity (Wildman–Crippen MR) is 70.7 cm³/mol. The Balaban J connectivity index is 2.25. The van der Waals surface area contributed by atoms with Crippen molar-refractivity contribution >= 4 is 5.69 Å². The lowest BCUT2D eigenvalue weighted by Crippen LogP contribution is -2.38. The molecule has 2 atom stereocenters. The van der Waals surface area contributed by atoms with Gasteiger partial charge in [0.05, 0.1) is 12.0 Å². The van der Waals surface area contributed by atoms with Crippen molar-refractivity contribution in [2.24, 2.45) is 5.73 Å². The molecule has 20 heavy (non-hydrogen) atoms. The van der Waals surface area contributed by atoms with Crippen LogP contribution in [0.2, 0.25) is 0 Å². The maximum atomic E-state index is 11.1. The number of nitro groups is 1. The smallest absolute Gasteiger partial charge is 0.392 e. The average molecular weight is 282 g/mol. The minimum absolute atomic E-state index is 0.0794. The van der Waals surface area contributed by atoms with Crippen LogP contribution in [0.3, 0.4) is 0 Å². The molecular weight excluding hydrogens is 264 g/mol. The van der Waals surface area contributed by atoms with Crippen LogP contribution in [-0.2, 0) is 0 Å². The van der Waals surface area contributed by atoms with Crippen LogP contribution < -0.4 is 15.2 Å². The number of hydrogen-bond acceptors (Lipinski definition) is 7. The third kappa shape index (κ3) is 3.13. The first-order chi connectivity index (χ1) is 9.63. The highest BCUT2D eigenvalue weighted by atomic mass is 16.6. The highest BCUT2D eigenvalue weighted by molar-refractivity contribution is 5.49. The molecule has 2 N–H and O–H groups in total. The van der Waals surface area contributed by atoms with Crippen LogP contribution in [0.25, 0.3) is 0 Å². The number of rotatable bonds is 4. The minimum atomic E-state index is -0.601. The van der Waals surface area contributed by atoms with E-state index in [0.29, 0.717) is 0 Å². The van der Waals surface area contributed by atoms with Crippen LogP contribution >= 0.6 is 0 Å². The zero-order chi connectivity index (χ0) is 14.5. The molecular formula is C12H18N4O4. The number of methoxy groups -OCH3 is 1. The Morgan fingerprint density at radius 2 is 2.00 bits per heavy atom. The van der Waals surface area contributed by atoms with E-state index in [0.717, 1.165) is 32.1 Å². The third-order valence-corrected chi connectivity index (χ3v) is 3.40. The Morgan fingerprint density at radius 1 is 1.30 bits per heavy atom. The summed E-state index contributed by atoms with van der Waals surface area (Å²) in [6.45, 7) is 0. The molecule has 0 spiro atoms. The lowest BCUT2D eigenvalue weighted by molar-refractivity contribution is -0.387. The Morgan fingerprint density at radius 3 is 2.70 bits per heavy atom. The van der Waals surface area contributed by atoms with E-state index < -0.39 is 4.92 Å².